The molecule has 1 aromatic heterocycles. The molecule has 1 saturated heterocycles. The van der Waals surface area contributed by atoms with E-state index in [9.17, 15) is 14.7 Å². The third kappa shape index (κ3) is 7.85. The van der Waals surface area contributed by atoms with Crippen LogP contribution in [0.1, 0.15) is 35.4 Å². The monoisotopic (exact) mass is 451 g/mol. The Hall–Kier alpha value is -3.49. The Balaban J connectivity index is 1.97. The number of ether oxygens (including phenoxy) is 1. The molecular formula is C25H29N3O5. The molecule has 174 valence electrons. The SMILES string of the molecule is O=C(CO)CNC(=O)c1nc(CN2CCCCC2)ccc(Oc2ccccc2)cccc1O. The molecule has 0 aliphatic carbocycles. The Kier molecular flexibility index (Phi) is 9.17. The van der Waals surface area contributed by atoms with Crippen LogP contribution >= 0.6 is 0 Å². The van der Waals surface area contributed by atoms with Crippen LogP contribution < -0.4 is 10.1 Å². The van der Waals surface area contributed by atoms with Gasteiger partial charge in [-0.15, -0.1) is 0 Å². The fourth-order valence-electron chi connectivity index (χ4n) is 3.40. The van der Waals surface area contributed by atoms with Crippen LogP contribution in [0.5, 0.6) is 17.2 Å². The fourth-order valence-corrected chi connectivity index (χ4v) is 3.40. The highest BCUT2D eigenvalue weighted by molar-refractivity contribution is 5.97. The van der Waals surface area contributed by atoms with Gasteiger partial charge in [-0.05, 0) is 62.3 Å². The number of hydrogen-bond acceptors (Lipinski definition) is 7. The van der Waals surface area contributed by atoms with Crippen LogP contribution in [0.3, 0.4) is 0 Å². The van der Waals surface area contributed by atoms with Crippen LogP contribution in [0.2, 0.25) is 0 Å². The van der Waals surface area contributed by atoms with Crippen LogP contribution in [0.25, 0.3) is 0 Å². The molecule has 8 nitrogen and oxygen atoms in total. The summed E-state index contributed by atoms with van der Waals surface area (Å²) >= 11 is 0. The van der Waals surface area contributed by atoms with Crippen molar-refractivity contribution in [2.24, 2.45) is 0 Å². The van der Waals surface area contributed by atoms with Gasteiger partial charge in [0.2, 0.25) is 0 Å². The van der Waals surface area contributed by atoms with Gasteiger partial charge < -0.3 is 20.3 Å². The number of Topliss-reactive ketones (excluding diaryl/α,β-unsaturated/α-hetero) is 1. The van der Waals surface area contributed by atoms with Gasteiger partial charge in [-0.25, -0.2) is 4.98 Å². The van der Waals surface area contributed by atoms with Gasteiger partial charge >= 0.3 is 0 Å². The Morgan fingerprint density at radius 2 is 1.64 bits per heavy atom. The molecule has 8 heteroatoms. The first kappa shape index (κ1) is 24.2. The minimum atomic E-state index is -0.700. The molecule has 2 aromatic rings. The highest BCUT2D eigenvalue weighted by atomic mass is 16.5. The summed E-state index contributed by atoms with van der Waals surface area (Å²) in [6.07, 6.45) is 3.38. The van der Waals surface area contributed by atoms with Crippen molar-refractivity contribution in [3.63, 3.8) is 0 Å². The van der Waals surface area contributed by atoms with Gasteiger partial charge in [0.15, 0.2) is 11.5 Å². The number of ketones is 1. The average Bonchev–Trinajstić information content (AvgIpc) is 2.84. The molecule has 1 aromatic carbocycles. The lowest BCUT2D eigenvalue weighted by Gasteiger charge is -2.25. The number of hydrogen-bond donors (Lipinski definition) is 3. The number of aromatic nitrogens is 1. The van der Waals surface area contributed by atoms with E-state index in [4.69, 9.17) is 9.84 Å². The van der Waals surface area contributed by atoms with Gasteiger partial charge in [-0.2, -0.15) is 0 Å². The molecule has 0 spiro atoms. The highest BCUT2D eigenvalue weighted by Gasteiger charge is 2.15. The van der Waals surface area contributed by atoms with Gasteiger partial charge in [0.25, 0.3) is 5.91 Å². The molecule has 0 bridgehead atoms. The van der Waals surface area contributed by atoms with Crippen LogP contribution in [-0.2, 0) is 11.3 Å². The van der Waals surface area contributed by atoms with Crippen molar-refractivity contribution in [3.05, 3.63) is 72.1 Å². The number of nitrogens with zero attached hydrogens (tertiary/aromatic N) is 2. The highest BCUT2D eigenvalue weighted by Crippen LogP contribution is 2.21. The molecular weight excluding hydrogens is 422 g/mol. The molecule has 0 saturated carbocycles. The first-order chi connectivity index (χ1) is 16.0. The zero-order chi connectivity index (χ0) is 23.5. The number of likely N-dealkylation sites (tertiary alicyclic amines) is 1. The van der Waals surface area contributed by atoms with E-state index in [0.29, 0.717) is 23.7 Å². The quantitative estimate of drug-likeness (QED) is 0.566. The van der Waals surface area contributed by atoms with Crippen molar-refractivity contribution >= 4 is 11.7 Å². The number of benzene rings is 1. The summed E-state index contributed by atoms with van der Waals surface area (Å²) in [6.45, 7) is 1.33. The van der Waals surface area contributed by atoms with Gasteiger partial charge in [0, 0.05) is 6.54 Å². The second-order valence-electron chi connectivity index (χ2n) is 7.73. The molecule has 1 amide bonds. The number of aliphatic hydroxyl groups is 1. The summed E-state index contributed by atoms with van der Waals surface area (Å²) in [4.78, 5) is 30.7. The number of amides is 1. The number of carbonyl (C=O) groups excluding carboxylic acids is 2. The molecule has 33 heavy (non-hydrogen) atoms. The first-order valence-electron chi connectivity index (χ1n) is 11.0. The summed E-state index contributed by atoms with van der Waals surface area (Å²) in [5, 5.41) is 21.8. The third-order valence-electron chi connectivity index (χ3n) is 5.10. The van der Waals surface area contributed by atoms with Crippen LogP contribution in [-0.4, -0.2) is 58.0 Å². The van der Waals surface area contributed by atoms with Crippen molar-refractivity contribution in [1.29, 1.82) is 0 Å². The second-order valence-corrected chi connectivity index (χ2v) is 7.73. The Labute approximate surface area is 193 Å². The maximum atomic E-state index is 12.7. The number of aliphatic hydroxyl groups excluding tert-OH is 1. The lowest BCUT2D eigenvalue weighted by molar-refractivity contribution is -0.120. The van der Waals surface area contributed by atoms with E-state index in [-0.39, 0.29) is 18.0 Å². The molecule has 3 rings (SSSR count). The molecule has 0 radical (unpaired) electrons. The van der Waals surface area contributed by atoms with Crippen molar-refractivity contribution in [1.82, 2.24) is 15.2 Å². The molecule has 1 aliphatic heterocycles. The smallest absolute Gasteiger partial charge is 0.274 e. The van der Waals surface area contributed by atoms with E-state index >= 15 is 0 Å². The van der Waals surface area contributed by atoms with E-state index in [0.717, 1.165) is 25.9 Å². The largest absolute Gasteiger partial charge is 0.505 e. The van der Waals surface area contributed by atoms with Gasteiger partial charge in [0.05, 0.1) is 12.2 Å². The van der Waals surface area contributed by atoms with Crippen LogP contribution in [0.15, 0.2) is 60.7 Å². The topological polar surface area (TPSA) is 112 Å². The summed E-state index contributed by atoms with van der Waals surface area (Å²) < 4.78 is 5.93. The number of rotatable bonds is 8. The zero-order valence-corrected chi connectivity index (χ0v) is 18.4. The summed E-state index contributed by atoms with van der Waals surface area (Å²) in [6, 6.07) is 17.4. The summed E-state index contributed by atoms with van der Waals surface area (Å²) in [5.74, 6) is -0.374. The van der Waals surface area contributed by atoms with Crippen LogP contribution in [0.4, 0.5) is 0 Å². The van der Waals surface area contributed by atoms with Crippen LogP contribution in [0, 0.1) is 0 Å². The standard InChI is InChI=1S/C25H29N3O5/c29-18-20(30)16-26-25(32)24-23(31)11-7-10-22(33-21-8-3-1-4-9-21)13-12-19(27-24)17-28-14-5-2-6-15-28/h1,3-4,7-13,29,31H,2,5-6,14-18H2,(H,26,32). The predicted octanol–water partition coefficient (Wildman–Crippen LogP) is 2.98. The zero-order valence-electron chi connectivity index (χ0n) is 18.4. The van der Waals surface area contributed by atoms with E-state index in [1.807, 2.05) is 30.3 Å². The number of para-hydroxylation sites is 1. The number of nitrogens with one attached hydrogen (secondary N) is 1. The van der Waals surface area contributed by atoms with E-state index in [1.165, 1.54) is 12.5 Å². The lowest BCUT2D eigenvalue weighted by Crippen LogP contribution is -2.32. The minimum absolute atomic E-state index is 0.200. The number of carbonyl (C=O) groups is 2. The van der Waals surface area contributed by atoms with Gasteiger partial charge in [-0.3, -0.25) is 14.5 Å². The van der Waals surface area contributed by atoms with Gasteiger partial charge in [-0.1, -0.05) is 30.7 Å². The minimum Gasteiger partial charge on any atom is -0.505 e. The maximum Gasteiger partial charge on any atom is 0.274 e. The van der Waals surface area contributed by atoms with E-state index in [2.05, 4.69) is 15.2 Å². The summed E-state index contributed by atoms with van der Waals surface area (Å²) in [5.41, 5.74) is 0.370. The van der Waals surface area contributed by atoms with E-state index < -0.39 is 18.3 Å². The predicted molar refractivity (Wildman–Crippen MR) is 124 cm³/mol. The molecule has 0 atom stereocenters. The normalized spacial score (nSPS) is 13.6. The molecule has 0 unspecified atom stereocenters. The van der Waals surface area contributed by atoms with Crippen molar-refractivity contribution in [2.45, 2.75) is 25.8 Å². The van der Waals surface area contributed by atoms with Crippen molar-refractivity contribution in [2.75, 3.05) is 26.2 Å². The Bertz CT molecular complexity index is 1010. The Morgan fingerprint density at radius 1 is 0.939 bits per heavy atom. The fraction of sp³-hybridized carbons (Fsp3) is 0.320. The number of piperidine rings is 1. The van der Waals surface area contributed by atoms with Crippen molar-refractivity contribution in [3.8, 4) is 17.2 Å². The molecule has 2 heterocycles. The van der Waals surface area contributed by atoms with Gasteiger partial charge in [0.1, 0.15) is 23.9 Å². The first-order valence-corrected chi connectivity index (χ1v) is 11.0. The molecule has 1 fully saturated rings. The molecule has 1 aliphatic rings. The number of aromatic hydroxyl groups is 1. The van der Waals surface area contributed by atoms with E-state index in [1.54, 1.807) is 24.3 Å². The second kappa shape index (κ2) is 12.5. The lowest BCUT2D eigenvalue weighted by atomic mass is 10.1. The summed E-state index contributed by atoms with van der Waals surface area (Å²) in [7, 11) is 0. The maximum absolute atomic E-state index is 12.7. The Morgan fingerprint density at radius 3 is 2.36 bits per heavy atom. The third-order valence-corrected chi connectivity index (χ3v) is 5.10. The molecule has 3 N–H and O–H groups in total. The van der Waals surface area contributed by atoms with Crippen molar-refractivity contribution < 1.29 is 24.5 Å². The average molecular weight is 452 g/mol.